The summed E-state index contributed by atoms with van der Waals surface area (Å²) in [6.45, 7) is 0. The molecule has 0 fully saturated rings. The van der Waals surface area contributed by atoms with Crippen molar-refractivity contribution in [3.8, 4) is 33.6 Å². The van der Waals surface area contributed by atoms with Gasteiger partial charge in [-0.25, -0.2) is 4.98 Å². The average Bonchev–Trinajstić information content (AvgIpc) is 3.96. The molecule has 0 spiro atoms. The van der Waals surface area contributed by atoms with Gasteiger partial charge in [0.15, 0.2) is 0 Å². The lowest BCUT2D eigenvalue weighted by molar-refractivity contribution is 1.18. The first-order valence-corrected chi connectivity index (χ1v) is 18.2. The lowest BCUT2D eigenvalue weighted by Crippen LogP contribution is -1.98. The van der Waals surface area contributed by atoms with Crippen molar-refractivity contribution >= 4 is 82.0 Å². The standard InChI is InChI=1S/C49H28N4/c1-2-13-29(14-3-1)51-40-23-10-8-19-37(40)45-43(51)28-26-38-46(45)52(41-27-25-33-31-16-5-4-15-30(31)32-20-12-21-36(41)44(32)33)47-34-17-6-7-18-35(34)49-50-39-22-9-11-24-42(39)53(49)48(38)47/h1-28H. The molecule has 0 saturated heterocycles. The summed E-state index contributed by atoms with van der Waals surface area (Å²) >= 11 is 0. The molecule has 4 heterocycles. The Hall–Kier alpha value is -7.17. The Balaban J connectivity index is 1.34. The Bertz CT molecular complexity index is 3530. The van der Waals surface area contributed by atoms with Crippen molar-refractivity contribution in [2.75, 3.05) is 0 Å². The molecular weight excluding hydrogens is 645 g/mol. The van der Waals surface area contributed by atoms with Crippen molar-refractivity contribution in [3.63, 3.8) is 0 Å². The van der Waals surface area contributed by atoms with E-state index in [1.807, 2.05) is 0 Å². The van der Waals surface area contributed by atoms with Crippen molar-refractivity contribution in [2.45, 2.75) is 0 Å². The molecule has 0 saturated carbocycles. The highest BCUT2D eigenvalue weighted by Gasteiger charge is 2.28. The number of aromatic nitrogens is 4. The van der Waals surface area contributed by atoms with Gasteiger partial charge in [0.2, 0.25) is 0 Å². The largest absolute Gasteiger partial charge is 0.309 e. The molecule has 0 amide bonds. The zero-order chi connectivity index (χ0) is 34.4. The number of benzene rings is 8. The van der Waals surface area contributed by atoms with E-state index >= 15 is 0 Å². The summed E-state index contributed by atoms with van der Waals surface area (Å²) in [6, 6.07) is 62.1. The van der Waals surface area contributed by atoms with Crippen LogP contribution < -0.4 is 0 Å². The van der Waals surface area contributed by atoms with E-state index in [1.54, 1.807) is 0 Å². The maximum Gasteiger partial charge on any atom is 0.146 e. The maximum atomic E-state index is 5.29. The minimum atomic E-state index is 0.982. The van der Waals surface area contributed by atoms with Crippen LogP contribution in [0.4, 0.5) is 0 Å². The highest BCUT2D eigenvalue weighted by atomic mass is 15.1. The number of rotatable bonds is 2. The van der Waals surface area contributed by atoms with Crippen LogP contribution in [0.1, 0.15) is 0 Å². The third-order valence-electron chi connectivity index (χ3n) is 11.7. The molecule has 0 bridgehead atoms. The van der Waals surface area contributed by atoms with Gasteiger partial charge in [0, 0.05) is 38.0 Å². The van der Waals surface area contributed by atoms with Crippen LogP contribution in [-0.2, 0) is 0 Å². The summed E-state index contributed by atoms with van der Waals surface area (Å²) in [6.07, 6.45) is 0. The zero-order valence-electron chi connectivity index (χ0n) is 28.5. The molecular formula is C49H28N4. The molecule has 12 aromatic rings. The number of pyridine rings is 1. The van der Waals surface area contributed by atoms with Gasteiger partial charge < -0.3 is 9.13 Å². The second-order valence-electron chi connectivity index (χ2n) is 14.3. The Morgan fingerprint density at radius 1 is 0.340 bits per heavy atom. The fraction of sp³-hybridized carbons (Fsp3) is 0. The number of hydrogen-bond acceptors (Lipinski definition) is 1. The van der Waals surface area contributed by atoms with Crippen LogP contribution in [0, 0.1) is 0 Å². The summed E-state index contributed by atoms with van der Waals surface area (Å²) in [5.41, 5.74) is 16.6. The van der Waals surface area contributed by atoms with E-state index in [9.17, 15) is 0 Å². The van der Waals surface area contributed by atoms with Gasteiger partial charge in [-0.05, 0) is 76.2 Å². The fourth-order valence-electron chi connectivity index (χ4n) is 9.69. The van der Waals surface area contributed by atoms with E-state index in [1.165, 1.54) is 87.8 Å². The normalized spacial score (nSPS) is 12.5. The Morgan fingerprint density at radius 2 is 1.00 bits per heavy atom. The summed E-state index contributed by atoms with van der Waals surface area (Å²) in [5.74, 6) is 0. The fourth-order valence-corrected chi connectivity index (χ4v) is 9.69. The highest BCUT2D eigenvalue weighted by molar-refractivity contribution is 6.30. The van der Waals surface area contributed by atoms with Crippen LogP contribution in [0.3, 0.4) is 0 Å². The predicted octanol–water partition coefficient (Wildman–Crippen LogP) is 12.6. The lowest BCUT2D eigenvalue weighted by Gasteiger charge is -2.15. The number of fused-ring (bicyclic) bond motifs is 17. The van der Waals surface area contributed by atoms with Gasteiger partial charge in [0.25, 0.3) is 0 Å². The van der Waals surface area contributed by atoms with Crippen molar-refractivity contribution in [2.24, 2.45) is 0 Å². The van der Waals surface area contributed by atoms with Gasteiger partial charge in [0.05, 0.1) is 44.3 Å². The van der Waals surface area contributed by atoms with Gasteiger partial charge in [-0.2, -0.15) is 0 Å². The van der Waals surface area contributed by atoms with Crippen LogP contribution in [0.25, 0.3) is 116 Å². The van der Waals surface area contributed by atoms with Gasteiger partial charge in [0.1, 0.15) is 5.65 Å². The van der Waals surface area contributed by atoms with Crippen molar-refractivity contribution < 1.29 is 0 Å². The summed E-state index contributed by atoms with van der Waals surface area (Å²) in [5, 5.41) is 8.57. The summed E-state index contributed by atoms with van der Waals surface area (Å²) in [4.78, 5) is 5.29. The van der Waals surface area contributed by atoms with E-state index < -0.39 is 0 Å². The minimum absolute atomic E-state index is 0.982. The van der Waals surface area contributed by atoms with Crippen LogP contribution in [0.2, 0.25) is 0 Å². The van der Waals surface area contributed by atoms with E-state index in [0.29, 0.717) is 0 Å². The third kappa shape index (κ3) is 3.34. The second kappa shape index (κ2) is 9.78. The molecule has 8 aromatic carbocycles. The molecule has 0 N–H and O–H groups in total. The van der Waals surface area contributed by atoms with Crippen molar-refractivity contribution in [1.82, 2.24) is 18.5 Å². The number of nitrogens with zero attached hydrogens (tertiary/aromatic N) is 4. The van der Waals surface area contributed by atoms with Crippen LogP contribution in [0.15, 0.2) is 170 Å². The first-order valence-electron chi connectivity index (χ1n) is 18.2. The Morgan fingerprint density at radius 3 is 1.85 bits per heavy atom. The molecule has 4 aromatic heterocycles. The summed E-state index contributed by atoms with van der Waals surface area (Å²) < 4.78 is 7.44. The van der Waals surface area contributed by atoms with Gasteiger partial charge >= 0.3 is 0 Å². The topological polar surface area (TPSA) is 27.2 Å². The SMILES string of the molecule is c1ccc(-n2c3ccccc3c3c2ccc2c3n(-c3ccc4c5c(cccc35)-c3ccccc3-4)c3c4ccccc4c4nc5ccccc5n4c23)cc1. The van der Waals surface area contributed by atoms with E-state index in [0.717, 1.165) is 27.8 Å². The van der Waals surface area contributed by atoms with Crippen LogP contribution >= 0.6 is 0 Å². The predicted molar refractivity (Wildman–Crippen MR) is 221 cm³/mol. The molecule has 1 aliphatic rings. The molecule has 53 heavy (non-hydrogen) atoms. The summed E-state index contributed by atoms with van der Waals surface area (Å²) in [7, 11) is 0. The molecule has 0 unspecified atom stereocenters. The van der Waals surface area contributed by atoms with E-state index in [-0.39, 0.29) is 0 Å². The molecule has 0 radical (unpaired) electrons. The number of para-hydroxylation sites is 4. The second-order valence-corrected chi connectivity index (χ2v) is 14.3. The number of imidazole rings is 1. The third-order valence-corrected chi connectivity index (χ3v) is 11.7. The van der Waals surface area contributed by atoms with E-state index in [4.69, 9.17) is 4.98 Å². The van der Waals surface area contributed by atoms with Crippen LogP contribution in [-0.4, -0.2) is 18.5 Å². The Kier molecular flexibility index (Phi) is 5.08. The molecule has 13 rings (SSSR count). The maximum absolute atomic E-state index is 5.29. The minimum Gasteiger partial charge on any atom is -0.309 e. The van der Waals surface area contributed by atoms with Crippen LogP contribution in [0.5, 0.6) is 0 Å². The molecule has 0 atom stereocenters. The monoisotopic (exact) mass is 672 g/mol. The van der Waals surface area contributed by atoms with Gasteiger partial charge in [-0.3, -0.25) is 4.40 Å². The first-order chi connectivity index (χ1) is 26.3. The van der Waals surface area contributed by atoms with Gasteiger partial charge in [-0.1, -0.05) is 121 Å². The van der Waals surface area contributed by atoms with Gasteiger partial charge in [-0.15, -0.1) is 0 Å². The number of hydrogen-bond donors (Lipinski definition) is 0. The smallest absolute Gasteiger partial charge is 0.146 e. The molecule has 0 aliphatic heterocycles. The molecule has 244 valence electrons. The molecule has 1 aliphatic carbocycles. The Labute approximate surface area is 303 Å². The highest BCUT2D eigenvalue weighted by Crippen LogP contribution is 2.51. The first kappa shape index (κ1) is 27.5. The van der Waals surface area contributed by atoms with E-state index in [2.05, 4.69) is 183 Å². The average molecular weight is 673 g/mol. The quantitative estimate of drug-likeness (QED) is 0.180. The van der Waals surface area contributed by atoms with Crippen molar-refractivity contribution in [3.05, 3.63) is 170 Å². The molecule has 4 heteroatoms. The molecule has 4 nitrogen and oxygen atoms in total. The zero-order valence-corrected chi connectivity index (χ0v) is 28.5. The van der Waals surface area contributed by atoms with Crippen molar-refractivity contribution in [1.29, 1.82) is 0 Å². The lowest BCUT2D eigenvalue weighted by atomic mass is 10.0.